The number of piperidine rings is 2. The monoisotopic (exact) mass is 292 g/mol. The number of rotatable bonds is 5. The van der Waals surface area contributed by atoms with Crippen LogP contribution in [0, 0.1) is 5.92 Å². The van der Waals surface area contributed by atoms with E-state index in [2.05, 4.69) is 24.1 Å². The first-order valence-corrected chi connectivity index (χ1v) is 9.80. The van der Waals surface area contributed by atoms with E-state index in [1.165, 1.54) is 77.2 Å². The third kappa shape index (κ3) is 3.64. The summed E-state index contributed by atoms with van der Waals surface area (Å²) in [4.78, 5) is 2.99. The zero-order valence-electron chi connectivity index (χ0n) is 14.3. The normalized spacial score (nSPS) is 36.6. The Morgan fingerprint density at radius 1 is 0.952 bits per heavy atom. The molecule has 0 amide bonds. The van der Waals surface area contributed by atoms with E-state index in [1.54, 1.807) is 0 Å². The second kappa shape index (κ2) is 7.46. The van der Waals surface area contributed by atoms with Crippen molar-refractivity contribution in [2.75, 3.05) is 6.54 Å². The molecule has 0 aromatic heterocycles. The second-order valence-corrected chi connectivity index (χ2v) is 7.95. The average Bonchev–Trinajstić information content (AvgIpc) is 2.52. The van der Waals surface area contributed by atoms with Crippen molar-refractivity contribution in [2.24, 2.45) is 5.92 Å². The minimum Gasteiger partial charge on any atom is -0.314 e. The van der Waals surface area contributed by atoms with Crippen LogP contribution in [0.1, 0.15) is 84.5 Å². The first-order valence-electron chi connectivity index (χ1n) is 9.80. The third-order valence-corrected chi connectivity index (χ3v) is 6.52. The zero-order chi connectivity index (χ0) is 14.7. The predicted molar refractivity (Wildman–Crippen MR) is 90.6 cm³/mol. The largest absolute Gasteiger partial charge is 0.314 e. The topological polar surface area (TPSA) is 15.3 Å². The fourth-order valence-electron chi connectivity index (χ4n) is 5.46. The average molecular weight is 293 g/mol. The molecule has 2 bridgehead atoms. The first-order chi connectivity index (χ1) is 10.3. The van der Waals surface area contributed by atoms with Crippen molar-refractivity contribution in [2.45, 2.75) is 109 Å². The highest BCUT2D eigenvalue weighted by molar-refractivity contribution is 4.98. The van der Waals surface area contributed by atoms with Crippen LogP contribution in [0.3, 0.4) is 0 Å². The molecule has 21 heavy (non-hydrogen) atoms. The van der Waals surface area contributed by atoms with Crippen molar-refractivity contribution in [3.05, 3.63) is 0 Å². The highest BCUT2D eigenvalue weighted by Gasteiger charge is 2.41. The molecule has 3 unspecified atom stereocenters. The molecule has 2 saturated heterocycles. The van der Waals surface area contributed by atoms with Gasteiger partial charge in [0.25, 0.3) is 0 Å². The van der Waals surface area contributed by atoms with Gasteiger partial charge in [-0.25, -0.2) is 0 Å². The van der Waals surface area contributed by atoms with Crippen molar-refractivity contribution in [3.63, 3.8) is 0 Å². The van der Waals surface area contributed by atoms with Crippen molar-refractivity contribution < 1.29 is 0 Å². The summed E-state index contributed by atoms with van der Waals surface area (Å²) in [6.45, 7) is 6.05. The Morgan fingerprint density at radius 3 is 2.24 bits per heavy atom. The van der Waals surface area contributed by atoms with Crippen LogP contribution in [0.4, 0.5) is 0 Å². The summed E-state index contributed by atoms with van der Waals surface area (Å²) in [7, 11) is 0. The number of nitrogens with one attached hydrogen (secondary N) is 1. The lowest BCUT2D eigenvalue weighted by Crippen LogP contribution is -2.60. The van der Waals surface area contributed by atoms with Gasteiger partial charge in [0, 0.05) is 24.2 Å². The van der Waals surface area contributed by atoms with Crippen LogP contribution in [0.15, 0.2) is 0 Å². The Bertz CT molecular complexity index is 297. The lowest BCUT2D eigenvalue weighted by atomic mass is 9.76. The van der Waals surface area contributed by atoms with Crippen LogP contribution in [0.2, 0.25) is 0 Å². The molecule has 1 N–H and O–H groups in total. The van der Waals surface area contributed by atoms with Gasteiger partial charge in [0.2, 0.25) is 0 Å². The van der Waals surface area contributed by atoms with E-state index in [0.717, 1.165) is 30.1 Å². The summed E-state index contributed by atoms with van der Waals surface area (Å²) in [6.07, 6.45) is 15.9. The van der Waals surface area contributed by atoms with Gasteiger partial charge in [0.1, 0.15) is 0 Å². The summed E-state index contributed by atoms with van der Waals surface area (Å²) < 4.78 is 0. The van der Waals surface area contributed by atoms with Crippen LogP contribution >= 0.6 is 0 Å². The smallest absolute Gasteiger partial charge is 0.0116 e. The van der Waals surface area contributed by atoms with Crippen molar-refractivity contribution in [1.82, 2.24) is 10.2 Å². The fourth-order valence-corrected chi connectivity index (χ4v) is 5.46. The van der Waals surface area contributed by atoms with Gasteiger partial charge in [-0.05, 0) is 64.3 Å². The molecule has 2 heteroatoms. The molecule has 122 valence electrons. The Labute approximate surface area is 132 Å². The van der Waals surface area contributed by atoms with Gasteiger partial charge < -0.3 is 5.32 Å². The zero-order valence-corrected chi connectivity index (χ0v) is 14.3. The van der Waals surface area contributed by atoms with E-state index in [9.17, 15) is 0 Å². The lowest BCUT2D eigenvalue weighted by Gasteiger charge is -2.53. The molecule has 3 aliphatic rings. The van der Waals surface area contributed by atoms with Crippen molar-refractivity contribution in [3.8, 4) is 0 Å². The quantitative estimate of drug-likeness (QED) is 0.811. The minimum atomic E-state index is 0.801. The Hall–Kier alpha value is -0.0800. The molecule has 0 aromatic carbocycles. The molecule has 2 aliphatic heterocycles. The highest BCUT2D eigenvalue weighted by atomic mass is 15.2. The van der Waals surface area contributed by atoms with Gasteiger partial charge >= 0.3 is 0 Å². The van der Waals surface area contributed by atoms with E-state index < -0.39 is 0 Å². The van der Waals surface area contributed by atoms with E-state index in [-0.39, 0.29) is 0 Å². The molecule has 3 atom stereocenters. The fraction of sp³-hybridized carbons (Fsp3) is 1.00. The maximum atomic E-state index is 3.81. The van der Waals surface area contributed by atoms with E-state index in [1.807, 2.05) is 0 Å². The van der Waals surface area contributed by atoms with E-state index in [4.69, 9.17) is 0 Å². The molecule has 3 fully saturated rings. The van der Waals surface area contributed by atoms with Crippen LogP contribution in [0.5, 0.6) is 0 Å². The molecule has 1 saturated carbocycles. The number of hydrogen-bond donors (Lipinski definition) is 1. The molecule has 0 radical (unpaired) electrons. The van der Waals surface area contributed by atoms with Gasteiger partial charge in [-0.15, -0.1) is 0 Å². The Kier molecular flexibility index (Phi) is 5.61. The number of hydrogen-bond acceptors (Lipinski definition) is 2. The SMILES string of the molecule is CCCNC1CC2CCCC(C1)N2C(C)C1CCCCC1. The van der Waals surface area contributed by atoms with Crippen molar-refractivity contribution >= 4 is 0 Å². The maximum absolute atomic E-state index is 3.81. The van der Waals surface area contributed by atoms with Gasteiger partial charge in [0.15, 0.2) is 0 Å². The minimum absolute atomic E-state index is 0.801. The summed E-state index contributed by atoms with van der Waals surface area (Å²) in [6, 6.07) is 3.40. The first kappa shape index (κ1) is 15.8. The number of nitrogens with zero attached hydrogens (tertiary/aromatic N) is 1. The molecule has 3 rings (SSSR count). The Balaban J connectivity index is 1.62. The molecule has 1 aliphatic carbocycles. The Morgan fingerprint density at radius 2 is 1.62 bits per heavy atom. The highest BCUT2D eigenvalue weighted by Crippen LogP contribution is 2.39. The van der Waals surface area contributed by atoms with E-state index >= 15 is 0 Å². The van der Waals surface area contributed by atoms with Gasteiger partial charge in [0.05, 0.1) is 0 Å². The molecular weight excluding hydrogens is 256 g/mol. The van der Waals surface area contributed by atoms with Gasteiger partial charge in [-0.1, -0.05) is 32.6 Å². The standard InChI is InChI=1S/C19H36N2/c1-3-12-20-17-13-18-10-7-11-19(14-17)21(18)15(2)16-8-5-4-6-9-16/h15-20H,3-14H2,1-2H3. The molecule has 2 heterocycles. The predicted octanol–water partition coefficient (Wildman–Crippen LogP) is 4.34. The lowest BCUT2D eigenvalue weighted by molar-refractivity contribution is -0.0290. The summed E-state index contributed by atoms with van der Waals surface area (Å²) in [5.41, 5.74) is 0. The van der Waals surface area contributed by atoms with Crippen molar-refractivity contribution in [1.29, 1.82) is 0 Å². The molecule has 0 spiro atoms. The van der Waals surface area contributed by atoms with Gasteiger partial charge in [-0.3, -0.25) is 4.90 Å². The third-order valence-electron chi connectivity index (χ3n) is 6.52. The van der Waals surface area contributed by atoms with Crippen LogP contribution < -0.4 is 5.32 Å². The number of fused-ring (bicyclic) bond motifs is 2. The summed E-state index contributed by atoms with van der Waals surface area (Å²) in [5, 5.41) is 3.81. The molecule has 2 nitrogen and oxygen atoms in total. The molecular formula is C19H36N2. The van der Waals surface area contributed by atoms with Crippen LogP contribution in [-0.2, 0) is 0 Å². The van der Waals surface area contributed by atoms with Gasteiger partial charge in [-0.2, -0.15) is 0 Å². The molecule has 0 aromatic rings. The van der Waals surface area contributed by atoms with Crippen LogP contribution in [-0.4, -0.2) is 35.6 Å². The summed E-state index contributed by atoms with van der Waals surface area (Å²) >= 11 is 0. The van der Waals surface area contributed by atoms with Crippen LogP contribution in [0.25, 0.3) is 0 Å². The maximum Gasteiger partial charge on any atom is 0.0116 e. The summed E-state index contributed by atoms with van der Waals surface area (Å²) in [5.74, 6) is 0.988. The second-order valence-electron chi connectivity index (χ2n) is 7.95. The van der Waals surface area contributed by atoms with E-state index in [0.29, 0.717) is 0 Å².